The lowest BCUT2D eigenvalue weighted by Crippen LogP contribution is -2.23. The molecule has 0 bridgehead atoms. The molecule has 1 aliphatic rings. The molecule has 0 aliphatic heterocycles. The average molecular weight is 252 g/mol. The smallest absolute Gasteiger partial charge is 0.406 e. The predicted octanol–water partition coefficient (Wildman–Crippen LogP) is 2.71. The number of aromatic nitrogens is 1. The van der Waals surface area contributed by atoms with Crippen LogP contribution in [0.2, 0.25) is 0 Å². The summed E-state index contributed by atoms with van der Waals surface area (Å²) in [7, 11) is 0. The molecule has 0 unspecified atom stereocenters. The summed E-state index contributed by atoms with van der Waals surface area (Å²) in [6.07, 6.45) is 3.63. The minimum atomic E-state index is -0.554. The first kappa shape index (κ1) is 12.6. The highest BCUT2D eigenvalue weighted by atomic mass is 16.6. The summed E-state index contributed by atoms with van der Waals surface area (Å²) in [5.74, 6) is 0.376. The molecule has 6 heteroatoms. The van der Waals surface area contributed by atoms with E-state index in [0.29, 0.717) is 5.75 Å². The molecule has 0 saturated heterocycles. The van der Waals surface area contributed by atoms with Crippen molar-refractivity contribution >= 4 is 5.82 Å². The molecule has 0 spiro atoms. The monoisotopic (exact) mass is 252 g/mol. The van der Waals surface area contributed by atoms with Gasteiger partial charge in [-0.3, -0.25) is 0 Å². The van der Waals surface area contributed by atoms with Gasteiger partial charge in [0.25, 0.3) is 0 Å². The predicted molar refractivity (Wildman–Crippen MR) is 64.9 cm³/mol. The molecule has 1 aliphatic carbocycles. The molecule has 1 aromatic heterocycles. The summed E-state index contributed by atoms with van der Waals surface area (Å²) in [6.45, 7) is 5.47. The van der Waals surface area contributed by atoms with Gasteiger partial charge in [0.15, 0.2) is 11.9 Å². The first-order valence-corrected chi connectivity index (χ1v) is 5.85. The van der Waals surface area contributed by atoms with Crippen molar-refractivity contribution in [2.75, 3.05) is 0 Å². The minimum absolute atomic E-state index is 0.144. The fraction of sp³-hybridized carbons (Fsp3) is 0.583. The van der Waals surface area contributed by atoms with Crippen LogP contribution in [0, 0.1) is 10.1 Å². The Morgan fingerprint density at radius 1 is 1.44 bits per heavy atom. The van der Waals surface area contributed by atoms with E-state index in [4.69, 9.17) is 9.47 Å². The van der Waals surface area contributed by atoms with E-state index in [9.17, 15) is 10.1 Å². The lowest BCUT2D eigenvalue weighted by molar-refractivity contribution is -0.391. The van der Waals surface area contributed by atoms with Crippen molar-refractivity contribution in [1.29, 1.82) is 0 Å². The van der Waals surface area contributed by atoms with Crippen LogP contribution in [0.1, 0.15) is 33.6 Å². The summed E-state index contributed by atoms with van der Waals surface area (Å²) in [6, 6.07) is 1.54. The Morgan fingerprint density at radius 2 is 2.11 bits per heavy atom. The molecule has 0 atom stereocenters. The van der Waals surface area contributed by atoms with Crippen LogP contribution in [-0.4, -0.2) is 21.6 Å². The van der Waals surface area contributed by atoms with Crippen LogP contribution in [0.25, 0.3) is 0 Å². The summed E-state index contributed by atoms with van der Waals surface area (Å²) < 4.78 is 11.1. The van der Waals surface area contributed by atoms with Gasteiger partial charge in [0.1, 0.15) is 5.60 Å². The van der Waals surface area contributed by atoms with E-state index in [1.165, 1.54) is 12.3 Å². The van der Waals surface area contributed by atoms with Crippen molar-refractivity contribution < 1.29 is 14.4 Å². The van der Waals surface area contributed by atoms with Crippen molar-refractivity contribution in [2.45, 2.75) is 45.3 Å². The van der Waals surface area contributed by atoms with Gasteiger partial charge in [-0.25, -0.2) is 0 Å². The number of ether oxygens (including phenoxy) is 2. The van der Waals surface area contributed by atoms with E-state index in [0.717, 1.165) is 12.8 Å². The molecular formula is C12H16N2O4. The van der Waals surface area contributed by atoms with Crippen molar-refractivity contribution in [1.82, 2.24) is 4.98 Å². The van der Waals surface area contributed by atoms with Gasteiger partial charge in [0.2, 0.25) is 5.75 Å². The van der Waals surface area contributed by atoms with Crippen LogP contribution >= 0.6 is 0 Å². The Balaban J connectivity index is 2.27. The third-order valence-corrected chi connectivity index (χ3v) is 2.22. The molecule has 2 rings (SSSR count). The van der Waals surface area contributed by atoms with Crippen molar-refractivity contribution in [3.05, 3.63) is 22.4 Å². The van der Waals surface area contributed by atoms with Crippen LogP contribution in [0.3, 0.4) is 0 Å². The van der Waals surface area contributed by atoms with E-state index in [1.54, 1.807) is 0 Å². The first-order chi connectivity index (χ1) is 8.35. The van der Waals surface area contributed by atoms with Crippen LogP contribution < -0.4 is 9.47 Å². The van der Waals surface area contributed by atoms with Gasteiger partial charge in [-0.05, 0) is 43.5 Å². The maximum Gasteiger partial charge on any atom is 0.406 e. The Kier molecular flexibility index (Phi) is 3.11. The average Bonchev–Trinajstić information content (AvgIpc) is 2.98. The van der Waals surface area contributed by atoms with Crippen LogP contribution in [0.4, 0.5) is 5.82 Å². The van der Waals surface area contributed by atoms with Gasteiger partial charge in [0.05, 0.1) is 6.10 Å². The summed E-state index contributed by atoms with van der Waals surface area (Å²) in [4.78, 5) is 14.1. The maximum atomic E-state index is 10.9. The summed E-state index contributed by atoms with van der Waals surface area (Å²) >= 11 is 0. The van der Waals surface area contributed by atoms with Gasteiger partial charge in [-0.1, -0.05) is 0 Å². The molecule has 98 valence electrons. The number of hydrogen-bond acceptors (Lipinski definition) is 5. The highest BCUT2D eigenvalue weighted by Gasteiger charge is 2.27. The Hall–Kier alpha value is -1.85. The number of pyridine rings is 1. The number of rotatable bonds is 4. The summed E-state index contributed by atoms with van der Waals surface area (Å²) in [5.41, 5.74) is -0.523. The second-order valence-corrected chi connectivity index (χ2v) is 5.28. The first-order valence-electron chi connectivity index (χ1n) is 5.85. The van der Waals surface area contributed by atoms with Crippen LogP contribution in [0.5, 0.6) is 11.5 Å². The van der Waals surface area contributed by atoms with E-state index in [1.807, 2.05) is 20.8 Å². The van der Waals surface area contributed by atoms with Gasteiger partial charge in [-0.15, -0.1) is 0 Å². The third kappa shape index (κ3) is 3.32. The fourth-order valence-electron chi connectivity index (χ4n) is 1.40. The molecule has 6 nitrogen and oxygen atoms in total. The lowest BCUT2D eigenvalue weighted by Gasteiger charge is -2.20. The molecule has 1 aromatic rings. The second kappa shape index (κ2) is 4.44. The van der Waals surface area contributed by atoms with E-state index in [2.05, 4.69) is 4.98 Å². The molecule has 1 heterocycles. The zero-order valence-electron chi connectivity index (χ0n) is 10.7. The second-order valence-electron chi connectivity index (χ2n) is 5.28. The Morgan fingerprint density at radius 3 is 2.61 bits per heavy atom. The highest BCUT2D eigenvalue weighted by Crippen LogP contribution is 2.34. The summed E-state index contributed by atoms with van der Waals surface area (Å²) in [5, 5.41) is 10.9. The number of nitrogens with zero attached hydrogens (tertiary/aromatic N) is 2. The van der Waals surface area contributed by atoms with E-state index < -0.39 is 10.5 Å². The van der Waals surface area contributed by atoms with Gasteiger partial charge in [0, 0.05) is 6.07 Å². The molecule has 0 aromatic carbocycles. The fourth-order valence-corrected chi connectivity index (χ4v) is 1.40. The molecule has 0 amide bonds. The minimum Gasteiger partial charge on any atom is -0.486 e. The zero-order chi connectivity index (χ0) is 13.3. The Labute approximate surface area is 105 Å². The SMILES string of the molecule is CC(C)(C)Oc1cc(OC2CC2)cnc1[N+](=O)[O-]. The van der Waals surface area contributed by atoms with Crippen molar-refractivity contribution in [3.63, 3.8) is 0 Å². The maximum absolute atomic E-state index is 10.9. The van der Waals surface area contributed by atoms with Gasteiger partial charge < -0.3 is 19.6 Å². The Bertz CT molecular complexity index is 464. The zero-order valence-corrected chi connectivity index (χ0v) is 10.7. The molecule has 1 fully saturated rings. The molecule has 1 saturated carbocycles. The molecule has 18 heavy (non-hydrogen) atoms. The van der Waals surface area contributed by atoms with Crippen LogP contribution in [0.15, 0.2) is 12.3 Å². The standard InChI is InChI=1S/C12H16N2O4/c1-12(2,3)18-10-6-9(17-8-4-5-8)7-13-11(10)14(15)16/h6-8H,4-5H2,1-3H3. The number of nitro groups is 1. The molecule has 0 radical (unpaired) electrons. The van der Waals surface area contributed by atoms with Gasteiger partial charge >= 0.3 is 5.82 Å². The van der Waals surface area contributed by atoms with Crippen LogP contribution in [-0.2, 0) is 0 Å². The van der Waals surface area contributed by atoms with Crippen molar-refractivity contribution in [2.24, 2.45) is 0 Å². The topological polar surface area (TPSA) is 74.5 Å². The van der Waals surface area contributed by atoms with Crippen molar-refractivity contribution in [3.8, 4) is 11.5 Å². The third-order valence-electron chi connectivity index (χ3n) is 2.22. The molecule has 0 N–H and O–H groups in total. The molecular weight excluding hydrogens is 236 g/mol. The largest absolute Gasteiger partial charge is 0.486 e. The lowest BCUT2D eigenvalue weighted by atomic mass is 10.2. The normalized spacial score (nSPS) is 15.3. The number of hydrogen-bond donors (Lipinski definition) is 0. The highest BCUT2D eigenvalue weighted by molar-refractivity contribution is 5.44. The van der Waals surface area contributed by atoms with E-state index in [-0.39, 0.29) is 17.7 Å². The van der Waals surface area contributed by atoms with E-state index >= 15 is 0 Å². The van der Waals surface area contributed by atoms with Gasteiger partial charge in [-0.2, -0.15) is 0 Å². The quantitative estimate of drug-likeness (QED) is 0.608.